The first-order valence-electron chi connectivity index (χ1n) is 9.92. The van der Waals surface area contributed by atoms with E-state index in [-0.39, 0.29) is 38.8 Å². The minimum absolute atomic E-state index is 0.0246. The number of non-ortho nitro benzene ring substituents is 1. The molecule has 10 heteroatoms. The van der Waals surface area contributed by atoms with Crippen molar-refractivity contribution < 1.29 is 14.0 Å². The smallest absolute Gasteiger partial charge is 0.269 e. The molecule has 1 fully saturated rings. The first-order valence-corrected chi connectivity index (χ1v) is 13.3. The van der Waals surface area contributed by atoms with Gasteiger partial charge in [-0.1, -0.05) is 33.7 Å². The Labute approximate surface area is 188 Å². The molecule has 2 rings (SSSR count). The predicted molar refractivity (Wildman–Crippen MR) is 125 cm³/mol. The quantitative estimate of drug-likeness (QED) is 0.126. The fraction of sp³-hybridized carbons (Fsp3) is 0.650. The van der Waals surface area contributed by atoms with Crippen LogP contribution in [-0.2, 0) is 9.05 Å². The van der Waals surface area contributed by atoms with Gasteiger partial charge in [-0.2, -0.15) is 5.26 Å². The molecule has 1 aliphatic heterocycles. The second-order valence-corrected chi connectivity index (χ2v) is 12.5. The maximum absolute atomic E-state index is 11.0. The molecule has 1 aliphatic rings. The predicted octanol–water partition coefficient (Wildman–Crippen LogP) is 6.47. The molecule has 0 bridgehead atoms. The number of hydrogen-bond donors (Lipinski definition) is 0. The number of rotatable bonds is 10. The van der Waals surface area contributed by atoms with Gasteiger partial charge in [0.1, 0.15) is 0 Å². The van der Waals surface area contributed by atoms with Crippen molar-refractivity contribution in [3.63, 3.8) is 0 Å². The van der Waals surface area contributed by atoms with Crippen LogP contribution < -0.4 is 0 Å². The summed E-state index contributed by atoms with van der Waals surface area (Å²) in [5, 5.41) is 20.0. The van der Waals surface area contributed by atoms with Gasteiger partial charge in [0.2, 0.25) is 0 Å². The van der Waals surface area contributed by atoms with E-state index in [1.807, 2.05) is 12.1 Å². The van der Waals surface area contributed by atoms with E-state index in [1.165, 1.54) is 0 Å². The zero-order valence-corrected chi connectivity index (χ0v) is 20.8. The second-order valence-electron chi connectivity index (χ2n) is 8.12. The van der Waals surface area contributed by atoms with Gasteiger partial charge in [0.25, 0.3) is 14.2 Å². The Balaban J connectivity index is 2.31. The minimum atomic E-state index is -1.37. The lowest BCUT2D eigenvalue weighted by molar-refractivity contribution is -0.384. The average Bonchev–Trinajstić information content (AvgIpc) is 2.95. The van der Waals surface area contributed by atoms with Gasteiger partial charge in [-0.3, -0.25) is 10.1 Å². The van der Waals surface area contributed by atoms with E-state index in [2.05, 4.69) is 52.3 Å². The molecule has 0 aromatic heterocycles. The van der Waals surface area contributed by atoms with E-state index in [0.717, 1.165) is 5.56 Å². The minimum Gasteiger partial charge on any atom is -0.321 e. The molecule has 0 N–H and O–H groups in total. The number of nitro benzene ring substituents is 1. The molecule has 166 valence electrons. The molecule has 0 aliphatic carbocycles. The van der Waals surface area contributed by atoms with Crippen molar-refractivity contribution in [1.82, 2.24) is 4.67 Å². The summed E-state index contributed by atoms with van der Waals surface area (Å²) in [6, 6.07) is 9.29. The van der Waals surface area contributed by atoms with Crippen molar-refractivity contribution in [1.29, 1.82) is 5.26 Å². The largest absolute Gasteiger partial charge is 0.321 e. The van der Waals surface area contributed by atoms with Crippen molar-refractivity contribution in [2.75, 3.05) is 6.61 Å². The summed E-state index contributed by atoms with van der Waals surface area (Å²) in [6.45, 7) is 13.1. The Bertz CT molecular complexity index is 747. The first kappa shape index (κ1) is 25.4. The zero-order valence-electron chi connectivity index (χ0n) is 18.3. The molecular formula is C20H30N3O4PS2. The van der Waals surface area contributed by atoms with E-state index < -0.39 is 8.53 Å². The Morgan fingerprint density at radius 3 is 2.37 bits per heavy atom. The van der Waals surface area contributed by atoms with Crippen LogP contribution in [0.5, 0.6) is 0 Å². The van der Waals surface area contributed by atoms with Crippen LogP contribution in [0, 0.1) is 21.4 Å². The van der Waals surface area contributed by atoms with Gasteiger partial charge in [0.05, 0.1) is 35.4 Å². The van der Waals surface area contributed by atoms with E-state index in [4.69, 9.17) is 14.3 Å². The van der Waals surface area contributed by atoms with Gasteiger partial charge in [0.15, 0.2) is 0 Å². The number of benzene rings is 1. The second kappa shape index (κ2) is 11.1. The van der Waals surface area contributed by atoms with Crippen LogP contribution in [0.4, 0.5) is 5.69 Å². The normalized spacial score (nSPS) is 21.9. The maximum Gasteiger partial charge on any atom is 0.269 e. The third kappa shape index (κ3) is 6.32. The molecule has 0 radical (unpaired) electrons. The van der Waals surface area contributed by atoms with Crippen LogP contribution in [0.15, 0.2) is 24.3 Å². The zero-order chi connectivity index (χ0) is 22.5. The lowest BCUT2D eigenvalue weighted by Crippen LogP contribution is -2.39. The molecule has 1 saturated heterocycles. The van der Waals surface area contributed by atoms with Gasteiger partial charge in [-0.05, 0) is 47.1 Å². The molecule has 7 nitrogen and oxygen atoms in total. The standard InChI is InChI=1S/C20H30N3O4PS2/c1-14(2)22(15(3)4)28(26-13-7-12-21)27-19-18(29-30-20(19,5)6)16-8-10-17(11-9-16)23(24)25/h8-11,14-15,18-19H,7,13H2,1-6H3/t18-,19-,28?/m0/s1. The summed E-state index contributed by atoms with van der Waals surface area (Å²) in [7, 11) is 2.12. The third-order valence-corrected chi connectivity index (χ3v) is 10.4. The maximum atomic E-state index is 11.0. The van der Waals surface area contributed by atoms with Crippen LogP contribution in [0.3, 0.4) is 0 Å². The molecule has 1 aromatic carbocycles. The number of nitro groups is 1. The molecule has 1 heterocycles. The molecular weight excluding hydrogens is 441 g/mol. The Morgan fingerprint density at radius 2 is 1.87 bits per heavy atom. The third-order valence-electron chi connectivity index (χ3n) is 4.63. The highest BCUT2D eigenvalue weighted by Gasteiger charge is 2.48. The van der Waals surface area contributed by atoms with Gasteiger partial charge < -0.3 is 9.05 Å². The Morgan fingerprint density at radius 1 is 1.27 bits per heavy atom. The lowest BCUT2D eigenvalue weighted by Gasteiger charge is -2.39. The van der Waals surface area contributed by atoms with Gasteiger partial charge in [0, 0.05) is 29.0 Å². The van der Waals surface area contributed by atoms with E-state index in [0.29, 0.717) is 13.0 Å². The summed E-state index contributed by atoms with van der Waals surface area (Å²) in [5.74, 6) is 0. The van der Waals surface area contributed by atoms with Crippen LogP contribution >= 0.6 is 30.1 Å². The van der Waals surface area contributed by atoms with Crippen LogP contribution in [-0.4, -0.2) is 39.1 Å². The SMILES string of the molecule is CC(C)N(C(C)C)P(OCCC#N)O[C@H]1[C@H](c2ccc([N+](=O)[O-])cc2)SSC1(C)C. The molecule has 1 unspecified atom stereocenters. The van der Waals surface area contributed by atoms with Crippen molar-refractivity contribution >= 4 is 35.8 Å². The fourth-order valence-corrected chi connectivity index (χ4v) is 8.72. The highest BCUT2D eigenvalue weighted by atomic mass is 33.1. The summed E-state index contributed by atoms with van der Waals surface area (Å²) in [5.41, 5.74) is 1.08. The van der Waals surface area contributed by atoms with E-state index in [1.54, 1.807) is 33.7 Å². The van der Waals surface area contributed by atoms with Gasteiger partial charge >= 0.3 is 0 Å². The number of nitriles is 1. The summed E-state index contributed by atoms with van der Waals surface area (Å²) in [6.07, 6.45) is 0.164. The molecule has 3 atom stereocenters. The lowest BCUT2D eigenvalue weighted by atomic mass is 9.97. The van der Waals surface area contributed by atoms with Crippen molar-refractivity contribution in [2.24, 2.45) is 0 Å². The molecule has 1 aromatic rings. The highest BCUT2D eigenvalue weighted by molar-refractivity contribution is 8.77. The fourth-order valence-electron chi connectivity index (χ4n) is 3.23. The van der Waals surface area contributed by atoms with Gasteiger partial charge in [-0.25, -0.2) is 4.67 Å². The summed E-state index contributed by atoms with van der Waals surface area (Å²) in [4.78, 5) is 10.6. The van der Waals surface area contributed by atoms with Gasteiger partial charge in [-0.15, -0.1) is 0 Å². The topological polar surface area (TPSA) is 88.6 Å². The summed E-state index contributed by atoms with van der Waals surface area (Å²) < 4.78 is 14.8. The van der Waals surface area contributed by atoms with Crippen LogP contribution in [0.1, 0.15) is 58.8 Å². The molecule has 0 amide bonds. The molecule has 30 heavy (non-hydrogen) atoms. The van der Waals surface area contributed by atoms with Crippen molar-refractivity contribution in [3.8, 4) is 6.07 Å². The number of nitrogens with zero attached hydrogens (tertiary/aromatic N) is 3. The monoisotopic (exact) mass is 471 g/mol. The first-order chi connectivity index (χ1) is 14.1. The average molecular weight is 472 g/mol. The Kier molecular flexibility index (Phi) is 9.41. The van der Waals surface area contributed by atoms with Crippen LogP contribution in [0.2, 0.25) is 0 Å². The summed E-state index contributed by atoms with van der Waals surface area (Å²) >= 11 is 0. The highest BCUT2D eigenvalue weighted by Crippen LogP contribution is 2.63. The Hall–Kier alpha value is -0.880. The molecule has 0 saturated carbocycles. The van der Waals surface area contributed by atoms with E-state index >= 15 is 0 Å². The van der Waals surface area contributed by atoms with Crippen LogP contribution in [0.25, 0.3) is 0 Å². The number of hydrogen-bond acceptors (Lipinski definition) is 8. The molecule has 0 spiro atoms. The van der Waals surface area contributed by atoms with E-state index in [9.17, 15) is 10.1 Å². The van der Waals surface area contributed by atoms with Crippen molar-refractivity contribution in [3.05, 3.63) is 39.9 Å². The van der Waals surface area contributed by atoms with Crippen molar-refractivity contribution in [2.45, 2.75) is 76.1 Å².